The van der Waals surface area contributed by atoms with Crippen molar-refractivity contribution in [2.24, 2.45) is 5.92 Å². The van der Waals surface area contributed by atoms with Crippen molar-refractivity contribution in [1.29, 1.82) is 0 Å². The van der Waals surface area contributed by atoms with Crippen LogP contribution in [-0.4, -0.2) is 47.5 Å². The minimum Gasteiger partial charge on any atom is -0.497 e. The molecule has 0 aliphatic carbocycles. The molecule has 2 aromatic rings. The van der Waals surface area contributed by atoms with Gasteiger partial charge < -0.3 is 15.0 Å². The highest BCUT2D eigenvalue weighted by Gasteiger charge is 2.23. The minimum atomic E-state index is 0.00519. The highest BCUT2D eigenvalue weighted by atomic mass is 16.5. The van der Waals surface area contributed by atoms with Crippen LogP contribution in [0, 0.1) is 12.8 Å². The molecule has 1 aromatic heterocycles. The van der Waals surface area contributed by atoms with Gasteiger partial charge in [-0.25, -0.2) is 9.97 Å². The van der Waals surface area contributed by atoms with Gasteiger partial charge in [-0.3, -0.25) is 4.79 Å². The summed E-state index contributed by atoms with van der Waals surface area (Å²) in [4.78, 5) is 23.4. The lowest BCUT2D eigenvalue weighted by atomic mass is 9.99. The summed E-state index contributed by atoms with van der Waals surface area (Å²) in [6, 6.07) is 9.79. The smallest absolute Gasteiger partial charge is 0.272 e. The van der Waals surface area contributed by atoms with Crippen LogP contribution in [0.2, 0.25) is 0 Å². The minimum absolute atomic E-state index is 0.00519. The molecule has 2 heterocycles. The first-order chi connectivity index (χ1) is 13.0. The summed E-state index contributed by atoms with van der Waals surface area (Å²) in [6.45, 7) is 6.41. The molecule has 1 amide bonds. The van der Waals surface area contributed by atoms with Gasteiger partial charge in [-0.2, -0.15) is 0 Å². The molecule has 1 aliphatic rings. The molecule has 0 bridgehead atoms. The number of likely N-dealkylation sites (tertiary alicyclic amines) is 1. The molecular weight excluding hydrogens is 340 g/mol. The van der Waals surface area contributed by atoms with Crippen LogP contribution in [0.1, 0.15) is 41.6 Å². The summed E-state index contributed by atoms with van der Waals surface area (Å²) in [5.74, 6) is 2.86. The number of nitrogens with one attached hydrogen (secondary N) is 1. The summed E-state index contributed by atoms with van der Waals surface area (Å²) >= 11 is 0. The Labute approximate surface area is 161 Å². The molecular formula is C21H28N4O2. The van der Waals surface area contributed by atoms with Crippen LogP contribution in [0.3, 0.4) is 0 Å². The Morgan fingerprint density at radius 3 is 2.59 bits per heavy atom. The number of rotatable bonds is 6. The number of carbonyl (C=O) groups is 1. The lowest BCUT2D eigenvalue weighted by molar-refractivity contribution is 0.0691. The average molecular weight is 368 g/mol. The zero-order valence-electron chi connectivity index (χ0n) is 16.4. The van der Waals surface area contributed by atoms with E-state index >= 15 is 0 Å². The highest BCUT2D eigenvalue weighted by molar-refractivity contribution is 5.93. The molecule has 1 aromatic carbocycles. The number of benzene rings is 1. The Morgan fingerprint density at radius 2 is 1.93 bits per heavy atom. The largest absolute Gasteiger partial charge is 0.497 e. The van der Waals surface area contributed by atoms with E-state index in [0.29, 0.717) is 23.3 Å². The Morgan fingerprint density at radius 1 is 1.22 bits per heavy atom. The standard InChI is InChI=1S/C21H28N4O2/c1-15-9-12-25(13-10-15)21(26)19-14-20(24-16(2)23-19)22-11-8-17-4-6-18(27-3)7-5-17/h4-7,14-15H,8-13H2,1-3H3,(H,22,23,24). The molecule has 1 saturated heterocycles. The quantitative estimate of drug-likeness (QED) is 0.847. The van der Waals surface area contributed by atoms with Gasteiger partial charge in [0.15, 0.2) is 0 Å². The van der Waals surface area contributed by atoms with Crippen molar-refractivity contribution in [1.82, 2.24) is 14.9 Å². The van der Waals surface area contributed by atoms with Crippen LogP contribution in [-0.2, 0) is 6.42 Å². The van der Waals surface area contributed by atoms with E-state index in [1.165, 1.54) is 5.56 Å². The number of piperidine rings is 1. The fraction of sp³-hybridized carbons (Fsp3) is 0.476. The van der Waals surface area contributed by atoms with E-state index in [0.717, 1.165) is 44.6 Å². The van der Waals surface area contributed by atoms with E-state index in [9.17, 15) is 4.79 Å². The lowest BCUT2D eigenvalue weighted by Gasteiger charge is -2.30. The summed E-state index contributed by atoms with van der Waals surface area (Å²) in [5.41, 5.74) is 1.69. The van der Waals surface area contributed by atoms with Crippen LogP contribution in [0.4, 0.5) is 5.82 Å². The number of methoxy groups -OCH3 is 1. The van der Waals surface area contributed by atoms with Gasteiger partial charge in [-0.1, -0.05) is 19.1 Å². The Balaban J connectivity index is 1.60. The van der Waals surface area contributed by atoms with Gasteiger partial charge >= 0.3 is 0 Å². The van der Waals surface area contributed by atoms with E-state index in [1.54, 1.807) is 13.2 Å². The number of aromatic nitrogens is 2. The number of amides is 1. The summed E-state index contributed by atoms with van der Waals surface area (Å²) in [5, 5.41) is 3.31. The summed E-state index contributed by atoms with van der Waals surface area (Å²) in [6.07, 6.45) is 2.98. The summed E-state index contributed by atoms with van der Waals surface area (Å²) in [7, 11) is 1.66. The number of ether oxygens (including phenoxy) is 1. The van der Waals surface area contributed by atoms with Gasteiger partial charge in [-0.05, 0) is 49.8 Å². The number of aryl methyl sites for hydroxylation is 1. The van der Waals surface area contributed by atoms with Crippen molar-refractivity contribution < 1.29 is 9.53 Å². The van der Waals surface area contributed by atoms with Crippen molar-refractivity contribution in [3.8, 4) is 5.75 Å². The second-order valence-corrected chi connectivity index (χ2v) is 7.19. The number of hydrogen-bond donors (Lipinski definition) is 1. The van der Waals surface area contributed by atoms with Crippen molar-refractivity contribution >= 4 is 11.7 Å². The SMILES string of the molecule is COc1ccc(CCNc2cc(C(=O)N3CCC(C)CC3)nc(C)n2)cc1. The maximum atomic E-state index is 12.8. The first-order valence-electron chi connectivity index (χ1n) is 9.57. The predicted octanol–water partition coefficient (Wildman–Crippen LogP) is 3.32. The molecule has 0 spiro atoms. The van der Waals surface area contributed by atoms with Crippen molar-refractivity contribution in [2.75, 3.05) is 32.1 Å². The average Bonchev–Trinajstić information content (AvgIpc) is 2.68. The lowest BCUT2D eigenvalue weighted by Crippen LogP contribution is -2.38. The number of carbonyl (C=O) groups excluding carboxylic acids is 1. The first-order valence-corrected chi connectivity index (χ1v) is 9.57. The van der Waals surface area contributed by atoms with Crippen LogP contribution >= 0.6 is 0 Å². The third-order valence-corrected chi connectivity index (χ3v) is 5.01. The van der Waals surface area contributed by atoms with Gasteiger partial charge in [0.1, 0.15) is 23.1 Å². The van der Waals surface area contributed by atoms with E-state index in [4.69, 9.17) is 4.74 Å². The van der Waals surface area contributed by atoms with Gasteiger partial charge in [0.2, 0.25) is 0 Å². The molecule has 1 N–H and O–H groups in total. The molecule has 1 fully saturated rings. The molecule has 0 unspecified atom stereocenters. The Bertz CT molecular complexity index is 768. The van der Waals surface area contributed by atoms with Gasteiger partial charge in [-0.15, -0.1) is 0 Å². The molecule has 27 heavy (non-hydrogen) atoms. The molecule has 0 radical (unpaired) electrons. The number of nitrogens with zero attached hydrogens (tertiary/aromatic N) is 3. The third-order valence-electron chi connectivity index (χ3n) is 5.01. The van der Waals surface area contributed by atoms with Crippen molar-refractivity contribution in [2.45, 2.75) is 33.1 Å². The zero-order chi connectivity index (χ0) is 19.2. The molecule has 0 atom stereocenters. The second kappa shape index (κ2) is 8.84. The molecule has 144 valence electrons. The molecule has 0 saturated carbocycles. The normalized spacial score (nSPS) is 14.9. The third kappa shape index (κ3) is 5.18. The van der Waals surface area contributed by atoms with Crippen molar-refractivity contribution in [3.63, 3.8) is 0 Å². The van der Waals surface area contributed by atoms with E-state index in [2.05, 4.69) is 34.3 Å². The Hall–Kier alpha value is -2.63. The van der Waals surface area contributed by atoms with Crippen molar-refractivity contribution in [3.05, 3.63) is 47.4 Å². The zero-order valence-corrected chi connectivity index (χ0v) is 16.4. The monoisotopic (exact) mass is 368 g/mol. The maximum Gasteiger partial charge on any atom is 0.272 e. The fourth-order valence-corrected chi connectivity index (χ4v) is 3.27. The molecule has 6 heteroatoms. The Kier molecular flexibility index (Phi) is 6.27. The summed E-state index contributed by atoms with van der Waals surface area (Å²) < 4.78 is 5.18. The second-order valence-electron chi connectivity index (χ2n) is 7.19. The first kappa shape index (κ1) is 19.1. The molecule has 6 nitrogen and oxygen atoms in total. The van der Waals surface area contributed by atoms with Crippen LogP contribution in [0.15, 0.2) is 30.3 Å². The number of anilines is 1. The predicted molar refractivity (Wildman–Crippen MR) is 106 cm³/mol. The highest BCUT2D eigenvalue weighted by Crippen LogP contribution is 2.18. The van der Waals surface area contributed by atoms with Crippen LogP contribution in [0.5, 0.6) is 5.75 Å². The molecule has 3 rings (SSSR count). The van der Waals surface area contributed by atoms with Gasteiger partial charge in [0.05, 0.1) is 7.11 Å². The topological polar surface area (TPSA) is 67.3 Å². The number of hydrogen-bond acceptors (Lipinski definition) is 5. The van der Waals surface area contributed by atoms with E-state index < -0.39 is 0 Å². The van der Waals surface area contributed by atoms with Crippen LogP contribution in [0.25, 0.3) is 0 Å². The van der Waals surface area contributed by atoms with E-state index in [1.807, 2.05) is 24.0 Å². The van der Waals surface area contributed by atoms with E-state index in [-0.39, 0.29) is 5.91 Å². The van der Waals surface area contributed by atoms with Gasteiger partial charge in [0.25, 0.3) is 5.91 Å². The maximum absolute atomic E-state index is 12.8. The molecule has 1 aliphatic heterocycles. The van der Waals surface area contributed by atoms with Gasteiger partial charge in [0, 0.05) is 25.7 Å². The van der Waals surface area contributed by atoms with Crippen LogP contribution < -0.4 is 10.1 Å². The fourth-order valence-electron chi connectivity index (χ4n) is 3.27.